The summed E-state index contributed by atoms with van der Waals surface area (Å²) in [4.78, 5) is 15.0. The van der Waals surface area contributed by atoms with Crippen molar-refractivity contribution in [1.82, 2.24) is 5.16 Å². The number of carbonyl (C=O) groups is 1. The summed E-state index contributed by atoms with van der Waals surface area (Å²) in [6.45, 7) is 4.38. The predicted molar refractivity (Wildman–Crippen MR) is 88.8 cm³/mol. The van der Waals surface area contributed by atoms with Crippen molar-refractivity contribution in [2.75, 3.05) is 11.4 Å². The normalized spacial score (nSPS) is 17.9. The molecule has 1 amide bonds. The molecule has 0 unspecified atom stereocenters. The van der Waals surface area contributed by atoms with Gasteiger partial charge in [-0.15, -0.1) is 0 Å². The molecule has 2 aliphatic rings. The average molecular weight is 328 g/mol. The zero-order valence-electron chi connectivity index (χ0n) is 14.1. The van der Waals surface area contributed by atoms with Crippen molar-refractivity contribution < 1.29 is 13.7 Å². The average Bonchev–Trinajstić information content (AvgIpc) is 3.06. The maximum atomic E-state index is 14.5. The second-order valence-corrected chi connectivity index (χ2v) is 6.98. The van der Waals surface area contributed by atoms with Crippen molar-refractivity contribution in [3.63, 3.8) is 0 Å². The lowest BCUT2D eigenvalue weighted by Crippen LogP contribution is -2.42. The van der Waals surface area contributed by atoms with E-state index in [1.165, 1.54) is 6.07 Å². The number of hydrogen-bond acceptors (Lipinski definition) is 3. The third-order valence-corrected chi connectivity index (χ3v) is 5.45. The molecule has 1 aliphatic carbocycles. The van der Waals surface area contributed by atoms with Crippen LogP contribution in [0.4, 0.5) is 10.1 Å². The molecule has 0 atom stereocenters. The van der Waals surface area contributed by atoms with E-state index in [1.54, 1.807) is 17.9 Å². The van der Waals surface area contributed by atoms with Gasteiger partial charge in [-0.1, -0.05) is 24.6 Å². The van der Waals surface area contributed by atoms with Gasteiger partial charge in [-0.2, -0.15) is 0 Å². The summed E-state index contributed by atoms with van der Waals surface area (Å²) in [7, 11) is 0. The zero-order valence-corrected chi connectivity index (χ0v) is 14.1. The highest BCUT2D eigenvalue weighted by Crippen LogP contribution is 2.53. The van der Waals surface area contributed by atoms with Crippen LogP contribution in [0.2, 0.25) is 0 Å². The Balaban J connectivity index is 1.78. The summed E-state index contributed by atoms with van der Waals surface area (Å²) >= 11 is 0. The Kier molecular flexibility index (Phi) is 3.48. The minimum atomic E-state index is -0.202. The van der Waals surface area contributed by atoms with Gasteiger partial charge < -0.3 is 9.42 Å². The van der Waals surface area contributed by atoms with Crippen molar-refractivity contribution in [3.8, 4) is 0 Å². The van der Waals surface area contributed by atoms with E-state index >= 15 is 0 Å². The number of aromatic nitrogens is 1. The van der Waals surface area contributed by atoms with Gasteiger partial charge in [0.25, 0.3) is 5.91 Å². The van der Waals surface area contributed by atoms with E-state index in [-0.39, 0.29) is 17.1 Å². The molecule has 0 radical (unpaired) electrons. The van der Waals surface area contributed by atoms with Crippen LogP contribution < -0.4 is 4.90 Å². The lowest BCUT2D eigenvalue weighted by molar-refractivity contribution is 0.0976. The molecule has 0 bridgehead atoms. The fourth-order valence-corrected chi connectivity index (χ4v) is 4.15. The minimum Gasteiger partial charge on any atom is -0.360 e. The summed E-state index contributed by atoms with van der Waals surface area (Å²) in [6, 6.07) is 5.03. The van der Waals surface area contributed by atoms with Gasteiger partial charge in [0.2, 0.25) is 0 Å². The molecular weight excluding hydrogens is 307 g/mol. The highest BCUT2D eigenvalue weighted by molar-refractivity contribution is 6.09. The summed E-state index contributed by atoms with van der Waals surface area (Å²) in [5.74, 6) is 0.318. The monoisotopic (exact) mass is 328 g/mol. The van der Waals surface area contributed by atoms with Gasteiger partial charge in [-0.3, -0.25) is 4.79 Å². The quantitative estimate of drug-likeness (QED) is 0.850. The summed E-state index contributed by atoms with van der Waals surface area (Å²) in [5, 5.41) is 3.98. The van der Waals surface area contributed by atoms with E-state index in [4.69, 9.17) is 4.52 Å². The van der Waals surface area contributed by atoms with Crippen LogP contribution in [0.1, 0.15) is 60.0 Å². The first kappa shape index (κ1) is 15.4. The van der Waals surface area contributed by atoms with E-state index in [0.717, 1.165) is 31.2 Å². The van der Waals surface area contributed by atoms with Crippen molar-refractivity contribution in [2.24, 2.45) is 0 Å². The molecule has 2 heterocycles. The van der Waals surface area contributed by atoms with Gasteiger partial charge >= 0.3 is 0 Å². The Morgan fingerprint density at radius 3 is 2.88 bits per heavy atom. The molecule has 0 saturated heterocycles. The van der Waals surface area contributed by atoms with Crippen LogP contribution in [-0.4, -0.2) is 17.6 Å². The van der Waals surface area contributed by atoms with Crippen molar-refractivity contribution in [1.29, 1.82) is 0 Å². The molecular formula is C19H21FN2O2. The molecule has 1 saturated carbocycles. The number of benzene rings is 1. The number of carbonyl (C=O) groups excluding carboxylic acids is 1. The first-order chi connectivity index (χ1) is 11.6. The fourth-order valence-electron chi connectivity index (χ4n) is 4.15. The molecule has 1 aromatic carbocycles. The molecule has 24 heavy (non-hydrogen) atoms. The Hall–Kier alpha value is -2.17. The highest BCUT2D eigenvalue weighted by Gasteiger charge is 2.50. The number of anilines is 1. The molecule has 2 aromatic rings. The predicted octanol–water partition coefficient (Wildman–Crippen LogP) is 4.16. The summed E-state index contributed by atoms with van der Waals surface area (Å²) in [5.41, 5.74) is 2.38. The van der Waals surface area contributed by atoms with Crippen LogP contribution >= 0.6 is 0 Å². The van der Waals surface area contributed by atoms with E-state index < -0.39 is 0 Å². The largest absolute Gasteiger partial charge is 0.360 e. The first-order valence-electron chi connectivity index (χ1n) is 8.63. The van der Waals surface area contributed by atoms with Gasteiger partial charge in [-0.25, -0.2) is 4.39 Å². The lowest BCUT2D eigenvalue weighted by Gasteiger charge is -2.39. The second kappa shape index (κ2) is 5.43. The molecule has 0 N–H and O–H groups in total. The van der Waals surface area contributed by atoms with Crippen LogP contribution in [-0.2, 0) is 11.8 Å². The molecule has 5 heteroatoms. The number of fused-ring (bicyclic) bond motifs is 2. The van der Waals surface area contributed by atoms with Crippen LogP contribution in [0.5, 0.6) is 0 Å². The zero-order chi connectivity index (χ0) is 16.9. The number of amides is 1. The first-order valence-corrected chi connectivity index (χ1v) is 8.63. The van der Waals surface area contributed by atoms with Crippen LogP contribution in [0.3, 0.4) is 0 Å². The van der Waals surface area contributed by atoms with E-state index in [2.05, 4.69) is 5.16 Å². The van der Waals surface area contributed by atoms with Gasteiger partial charge in [0.05, 0.1) is 11.4 Å². The van der Waals surface area contributed by atoms with Crippen LogP contribution in [0.15, 0.2) is 22.7 Å². The highest BCUT2D eigenvalue weighted by atomic mass is 19.1. The van der Waals surface area contributed by atoms with Gasteiger partial charge in [-0.05, 0) is 38.3 Å². The summed E-state index contributed by atoms with van der Waals surface area (Å²) in [6.07, 6.45) is 4.52. The van der Waals surface area contributed by atoms with Crippen molar-refractivity contribution in [3.05, 3.63) is 46.6 Å². The maximum Gasteiger partial charge on any atom is 0.263 e. The summed E-state index contributed by atoms with van der Waals surface area (Å²) < 4.78 is 19.8. The Bertz CT molecular complexity index is 808. The topological polar surface area (TPSA) is 46.3 Å². The van der Waals surface area contributed by atoms with E-state index in [9.17, 15) is 9.18 Å². The second-order valence-electron chi connectivity index (χ2n) is 6.98. The molecule has 1 aliphatic heterocycles. The number of rotatable bonds is 3. The number of nitrogens with zero attached hydrogens (tertiary/aromatic N) is 2. The smallest absolute Gasteiger partial charge is 0.263 e. The molecule has 4 rings (SSSR count). The molecule has 1 fully saturated rings. The third-order valence-electron chi connectivity index (χ3n) is 5.45. The minimum absolute atomic E-state index is 0.118. The van der Waals surface area contributed by atoms with Crippen molar-refractivity contribution >= 4 is 11.6 Å². The fraction of sp³-hybridized carbons (Fsp3) is 0.474. The maximum absolute atomic E-state index is 14.5. The Labute approximate surface area is 140 Å². The Morgan fingerprint density at radius 1 is 1.42 bits per heavy atom. The molecule has 126 valence electrons. The SMILES string of the molecule is CCCc1onc(C)c1C(=O)N1CC2(CCC2)c2c(F)cccc21. The van der Waals surface area contributed by atoms with Gasteiger partial charge in [0.1, 0.15) is 17.1 Å². The van der Waals surface area contributed by atoms with Gasteiger partial charge in [0, 0.05) is 23.9 Å². The number of aryl methyl sites for hydroxylation is 2. The Morgan fingerprint density at radius 2 is 2.21 bits per heavy atom. The lowest BCUT2D eigenvalue weighted by atomic mass is 9.65. The van der Waals surface area contributed by atoms with Crippen LogP contribution in [0.25, 0.3) is 0 Å². The molecule has 1 spiro atoms. The number of hydrogen-bond donors (Lipinski definition) is 0. The van der Waals surface area contributed by atoms with Crippen molar-refractivity contribution in [2.45, 2.75) is 51.4 Å². The van der Waals surface area contributed by atoms with Crippen LogP contribution in [0, 0.1) is 12.7 Å². The van der Waals surface area contributed by atoms with Gasteiger partial charge in [0.15, 0.2) is 0 Å². The molecule has 1 aromatic heterocycles. The third kappa shape index (κ3) is 2.03. The standard InChI is InChI=1S/C19H21FN2O2/c1-3-6-15-16(12(2)21-24-15)18(23)22-11-19(9-5-10-19)17-13(20)7-4-8-14(17)22/h4,7-8H,3,5-6,9-11H2,1-2H3. The van der Waals surface area contributed by atoms with E-state index in [1.807, 2.05) is 13.0 Å². The van der Waals surface area contributed by atoms with E-state index in [0.29, 0.717) is 35.7 Å². The number of halogens is 1. The molecule has 4 nitrogen and oxygen atoms in total.